The highest BCUT2D eigenvalue weighted by atomic mass is 19.4. The molecule has 122 valence electrons. The number of nitrogens with zero attached hydrogens (tertiary/aromatic N) is 2. The normalized spacial score (nSPS) is 15.4. The maximum Gasteiger partial charge on any atom is 0.416 e. The molecule has 0 unspecified atom stereocenters. The van der Waals surface area contributed by atoms with E-state index in [1.165, 1.54) is 24.4 Å². The summed E-state index contributed by atoms with van der Waals surface area (Å²) in [6.07, 6.45) is -2.90. The number of fused-ring (bicyclic) bond motifs is 1. The van der Waals surface area contributed by atoms with E-state index in [-0.39, 0.29) is 5.75 Å². The van der Waals surface area contributed by atoms with Gasteiger partial charge < -0.3 is 9.67 Å². The minimum absolute atomic E-state index is 0.273. The van der Waals surface area contributed by atoms with Gasteiger partial charge in [-0.1, -0.05) is 12.1 Å². The molecule has 1 aliphatic heterocycles. The third-order valence-corrected chi connectivity index (χ3v) is 3.93. The van der Waals surface area contributed by atoms with Gasteiger partial charge in [-0.25, -0.2) is 0 Å². The Morgan fingerprint density at radius 1 is 1.13 bits per heavy atom. The third-order valence-electron chi connectivity index (χ3n) is 3.93. The van der Waals surface area contributed by atoms with E-state index >= 15 is 0 Å². The fraction of sp³-hybridized carbons (Fsp3) is 0.312. The summed E-state index contributed by atoms with van der Waals surface area (Å²) in [5.41, 5.74) is 0.485. The Morgan fingerprint density at radius 2 is 1.83 bits per heavy atom. The number of hydrogen-bond acceptors (Lipinski definition) is 3. The molecular weight excluding hydrogens is 309 g/mol. The summed E-state index contributed by atoms with van der Waals surface area (Å²) in [7, 11) is 0. The van der Waals surface area contributed by atoms with Crippen molar-refractivity contribution in [2.24, 2.45) is 0 Å². The average Bonchev–Trinajstić information content (AvgIpc) is 2.48. The van der Waals surface area contributed by atoms with Gasteiger partial charge in [0.15, 0.2) is 5.75 Å². The quantitative estimate of drug-likeness (QED) is 0.923. The Hall–Kier alpha value is -2.28. The summed E-state index contributed by atoms with van der Waals surface area (Å²) < 4.78 is 39.5. The molecule has 2 aromatic rings. The van der Waals surface area contributed by atoms with Crippen LogP contribution in [0, 0.1) is 0 Å². The molecule has 2 heterocycles. The van der Waals surface area contributed by atoms with E-state index in [1.807, 2.05) is 4.57 Å². The van der Waals surface area contributed by atoms with E-state index in [0.717, 1.165) is 23.4 Å². The second-order valence-electron chi connectivity index (χ2n) is 5.61. The Kier molecular flexibility index (Phi) is 3.89. The topological polar surface area (TPSA) is 45.5 Å². The first kappa shape index (κ1) is 15.6. The maximum atomic E-state index is 12.6. The highest BCUT2D eigenvalue weighted by molar-refractivity contribution is 5.25. The van der Waals surface area contributed by atoms with Crippen molar-refractivity contribution in [3.8, 4) is 5.75 Å². The van der Waals surface area contributed by atoms with Crippen LogP contribution in [0.5, 0.6) is 5.75 Å². The van der Waals surface area contributed by atoms with Crippen molar-refractivity contribution in [2.45, 2.75) is 25.8 Å². The molecule has 0 spiro atoms. The Morgan fingerprint density at radius 3 is 2.48 bits per heavy atom. The SMILES string of the molecule is O=c1cc2n(cc1O)CCN(Cc1ccc(C(F)(F)F)cc1)C2. The van der Waals surface area contributed by atoms with Crippen molar-refractivity contribution < 1.29 is 18.3 Å². The summed E-state index contributed by atoms with van der Waals surface area (Å²) in [4.78, 5) is 13.5. The summed E-state index contributed by atoms with van der Waals surface area (Å²) in [6, 6.07) is 6.50. The van der Waals surface area contributed by atoms with Crippen molar-refractivity contribution in [3.05, 3.63) is 63.6 Å². The molecular formula is C16H15F3N2O2. The molecule has 3 rings (SSSR count). The average molecular weight is 324 g/mol. The zero-order chi connectivity index (χ0) is 16.6. The van der Waals surface area contributed by atoms with E-state index in [9.17, 15) is 23.1 Å². The minimum Gasteiger partial charge on any atom is -0.503 e. The maximum absolute atomic E-state index is 12.6. The molecule has 0 bridgehead atoms. The van der Waals surface area contributed by atoms with Crippen LogP contribution in [0.2, 0.25) is 0 Å². The van der Waals surface area contributed by atoms with Gasteiger partial charge in [-0.3, -0.25) is 9.69 Å². The first-order valence-corrected chi connectivity index (χ1v) is 7.14. The number of alkyl halides is 3. The molecule has 0 saturated heterocycles. The third kappa shape index (κ3) is 3.39. The molecule has 1 aromatic heterocycles. The van der Waals surface area contributed by atoms with Gasteiger partial charge in [0.05, 0.1) is 11.8 Å². The monoisotopic (exact) mass is 324 g/mol. The highest BCUT2D eigenvalue weighted by Gasteiger charge is 2.30. The number of benzene rings is 1. The Bertz CT molecular complexity index is 766. The Balaban J connectivity index is 1.72. The van der Waals surface area contributed by atoms with Crippen LogP contribution in [-0.4, -0.2) is 21.1 Å². The first-order valence-electron chi connectivity index (χ1n) is 7.14. The van der Waals surface area contributed by atoms with E-state index in [1.54, 1.807) is 0 Å². The van der Waals surface area contributed by atoms with Crippen LogP contribution in [0.4, 0.5) is 13.2 Å². The molecule has 4 nitrogen and oxygen atoms in total. The number of rotatable bonds is 2. The van der Waals surface area contributed by atoms with Gasteiger partial charge in [-0.2, -0.15) is 13.2 Å². The molecule has 1 N–H and O–H groups in total. The predicted molar refractivity (Wildman–Crippen MR) is 77.9 cm³/mol. The molecule has 1 aliphatic rings. The van der Waals surface area contributed by atoms with Crippen molar-refractivity contribution >= 4 is 0 Å². The van der Waals surface area contributed by atoms with Crippen molar-refractivity contribution in [1.82, 2.24) is 9.47 Å². The molecule has 0 fully saturated rings. The summed E-state index contributed by atoms with van der Waals surface area (Å²) in [5.74, 6) is -0.273. The number of halogens is 3. The molecule has 7 heteroatoms. The van der Waals surface area contributed by atoms with Gasteiger partial charge in [0.2, 0.25) is 5.43 Å². The van der Waals surface area contributed by atoms with Crippen LogP contribution in [-0.2, 0) is 25.8 Å². The smallest absolute Gasteiger partial charge is 0.416 e. The zero-order valence-electron chi connectivity index (χ0n) is 12.2. The zero-order valence-corrected chi connectivity index (χ0v) is 12.2. The van der Waals surface area contributed by atoms with Crippen LogP contribution < -0.4 is 5.43 Å². The molecule has 23 heavy (non-hydrogen) atoms. The van der Waals surface area contributed by atoms with Gasteiger partial charge in [0.1, 0.15) is 0 Å². The second-order valence-corrected chi connectivity index (χ2v) is 5.61. The first-order chi connectivity index (χ1) is 10.8. The van der Waals surface area contributed by atoms with Crippen LogP contribution in [0.25, 0.3) is 0 Å². The fourth-order valence-corrected chi connectivity index (χ4v) is 2.70. The van der Waals surface area contributed by atoms with Gasteiger partial charge in [-0.15, -0.1) is 0 Å². The van der Waals surface area contributed by atoms with E-state index in [4.69, 9.17) is 0 Å². The van der Waals surface area contributed by atoms with Crippen molar-refractivity contribution in [1.29, 1.82) is 0 Å². The van der Waals surface area contributed by atoms with Crippen molar-refractivity contribution in [3.63, 3.8) is 0 Å². The second kappa shape index (κ2) is 5.73. The molecule has 1 aromatic carbocycles. The number of pyridine rings is 1. The van der Waals surface area contributed by atoms with Crippen LogP contribution in [0.3, 0.4) is 0 Å². The molecule has 0 aliphatic carbocycles. The van der Waals surface area contributed by atoms with Crippen molar-refractivity contribution in [2.75, 3.05) is 6.54 Å². The fourth-order valence-electron chi connectivity index (χ4n) is 2.70. The van der Waals surface area contributed by atoms with E-state index in [2.05, 4.69) is 4.90 Å². The molecule has 0 radical (unpaired) electrons. The minimum atomic E-state index is -4.33. The van der Waals surface area contributed by atoms with Gasteiger partial charge >= 0.3 is 6.18 Å². The van der Waals surface area contributed by atoms with E-state index in [0.29, 0.717) is 26.2 Å². The lowest BCUT2D eigenvalue weighted by molar-refractivity contribution is -0.137. The number of aromatic nitrogens is 1. The molecule has 0 amide bonds. The van der Waals surface area contributed by atoms with Gasteiger partial charge in [0.25, 0.3) is 0 Å². The lowest BCUT2D eigenvalue weighted by Crippen LogP contribution is -2.34. The summed E-state index contributed by atoms with van der Waals surface area (Å²) in [5, 5.41) is 9.43. The van der Waals surface area contributed by atoms with Gasteiger partial charge in [-0.05, 0) is 17.7 Å². The van der Waals surface area contributed by atoms with Crippen LogP contribution in [0.15, 0.2) is 41.3 Å². The predicted octanol–water partition coefficient (Wildman–Crippen LogP) is 2.59. The van der Waals surface area contributed by atoms with Gasteiger partial charge in [0, 0.05) is 37.9 Å². The standard InChI is InChI=1S/C16H15F3N2O2/c17-16(18,19)12-3-1-11(2-4-12)8-20-5-6-21-10-15(23)14(22)7-13(21)9-20/h1-4,7,10,23H,5-6,8-9H2. The Labute approximate surface area is 130 Å². The molecule has 0 atom stereocenters. The van der Waals surface area contributed by atoms with Crippen LogP contribution in [0.1, 0.15) is 16.8 Å². The highest BCUT2D eigenvalue weighted by Crippen LogP contribution is 2.29. The summed E-state index contributed by atoms with van der Waals surface area (Å²) in [6.45, 7) is 2.32. The largest absolute Gasteiger partial charge is 0.503 e. The number of aromatic hydroxyl groups is 1. The lowest BCUT2D eigenvalue weighted by Gasteiger charge is -2.30. The number of hydrogen-bond donors (Lipinski definition) is 1. The van der Waals surface area contributed by atoms with E-state index < -0.39 is 17.2 Å². The van der Waals surface area contributed by atoms with Crippen LogP contribution >= 0.6 is 0 Å². The molecule has 0 saturated carbocycles. The summed E-state index contributed by atoms with van der Waals surface area (Å²) >= 11 is 0. The lowest BCUT2D eigenvalue weighted by atomic mass is 10.1.